The minimum atomic E-state index is -4.00. The molecule has 0 aromatic heterocycles. The third-order valence-corrected chi connectivity index (χ3v) is 4.22. The van der Waals surface area contributed by atoms with Crippen LogP contribution in [0.5, 0.6) is 0 Å². The van der Waals surface area contributed by atoms with Crippen LogP contribution in [0.2, 0.25) is 5.02 Å². The molecule has 0 unspecified atom stereocenters. The lowest BCUT2D eigenvalue weighted by Gasteiger charge is -2.09. The molecule has 7 heteroatoms. The van der Waals surface area contributed by atoms with Crippen LogP contribution in [0.1, 0.15) is 0 Å². The molecule has 0 aliphatic carbocycles. The molecule has 2 aromatic rings. The molecule has 20 heavy (non-hydrogen) atoms. The Morgan fingerprint density at radius 3 is 2.20 bits per heavy atom. The molecule has 0 aliphatic heterocycles. The summed E-state index contributed by atoms with van der Waals surface area (Å²) >= 11 is 5.80. The average Bonchev–Trinajstić information content (AvgIpc) is 2.39. The Morgan fingerprint density at radius 1 is 0.950 bits per heavy atom. The van der Waals surface area contributed by atoms with Crippen LogP contribution < -0.4 is 10.0 Å². The summed E-state index contributed by atoms with van der Waals surface area (Å²) in [5.74, 6) is 0. The molecule has 0 radical (unpaired) electrons. The van der Waals surface area contributed by atoms with E-state index in [4.69, 9.17) is 11.6 Å². The summed E-state index contributed by atoms with van der Waals surface area (Å²) < 4.78 is 25.9. The molecule has 5 nitrogen and oxygen atoms in total. The van der Waals surface area contributed by atoms with E-state index >= 15 is 0 Å². The van der Waals surface area contributed by atoms with Crippen molar-refractivity contribution < 1.29 is 13.2 Å². The van der Waals surface area contributed by atoms with Crippen LogP contribution in [0.25, 0.3) is 0 Å². The van der Waals surface area contributed by atoms with E-state index in [2.05, 4.69) is 5.32 Å². The first kappa shape index (κ1) is 14.4. The van der Waals surface area contributed by atoms with Gasteiger partial charge in [0.2, 0.25) is 0 Å². The lowest BCUT2D eigenvalue weighted by atomic mass is 10.3. The van der Waals surface area contributed by atoms with Crippen LogP contribution in [0.15, 0.2) is 59.5 Å². The monoisotopic (exact) mass is 310 g/mol. The molecule has 2 aromatic carbocycles. The van der Waals surface area contributed by atoms with Gasteiger partial charge in [0.25, 0.3) is 10.0 Å². The van der Waals surface area contributed by atoms with Gasteiger partial charge in [0.05, 0.1) is 5.02 Å². The van der Waals surface area contributed by atoms with Crippen LogP contribution in [0.3, 0.4) is 0 Å². The van der Waals surface area contributed by atoms with E-state index in [-0.39, 0.29) is 9.92 Å². The van der Waals surface area contributed by atoms with Crippen molar-refractivity contribution in [3.05, 3.63) is 59.6 Å². The highest BCUT2D eigenvalue weighted by molar-refractivity contribution is 7.90. The molecular weight excluding hydrogens is 300 g/mol. The van der Waals surface area contributed by atoms with Crippen molar-refractivity contribution >= 4 is 33.3 Å². The smallest absolute Gasteiger partial charge is 0.307 e. The second-order valence-electron chi connectivity index (χ2n) is 3.86. The molecule has 0 saturated heterocycles. The molecule has 2 N–H and O–H groups in total. The minimum Gasteiger partial charge on any atom is -0.307 e. The van der Waals surface area contributed by atoms with Crippen molar-refractivity contribution in [3.63, 3.8) is 0 Å². The summed E-state index contributed by atoms with van der Waals surface area (Å²) in [4.78, 5) is 11.5. The zero-order valence-corrected chi connectivity index (χ0v) is 11.8. The van der Waals surface area contributed by atoms with Crippen molar-refractivity contribution in [2.45, 2.75) is 4.90 Å². The van der Waals surface area contributed by atoms with Gasteiger partial charge in [-0.05, 0) is 24.3 Å². The van der Waals surface area contributed by atoms with E-state index < -0.39 is 16.1 Å². The fraction of sp³-hybridized carbons (Fsp3) is 0. The summed E-state index contributed by atoms with van der Waals surface area (Å²) in [5.41, 5.74) is 0.486. The number of sulfonamides is 1. The third-order valence-electron chi connectivity index (χ3n) is 2.38. The Bertz CT molecular complexity index is 717. The van der Waals surface area contributed by atoms with Gasteiger partial charge in [0.1, 0.15) is 4.90 Å². The number of anilines is 1. The fourth-order valence-electron chi connectivity index (χ4n) is 1.52. The summed E-state index contributed by atoms with van der Waals surface area (Å²) in [5, 5.41) is 2.46. The van der Waals surface area contributed by atoms with Crippen molar-refractivity contribution in [3.8, 4) is 0 Å². The number of hydrogen-bond acceptors (Lipinski definition) is 3. The Kier molecular flexibility index (Phi) is 4.26. The Labute approximate surface area is 121 Å². The molecule has 0 fully saturated rings. The van der Waals surface area contributed by atoms with Crippen molar-refractivity contribution in [1.29, 1.82) is 0 Å². The summed E-state index contributed by atoms with van der Waals surface area (Å²) in [7, 11) is -4.00. The van der Waals surface area contributed by atoms with Crippen molar-refractivity contribution in [2.75, 3.05) is 5.32 Å². The number of nitrogens with one attached hydrogen (secondary N) is 2. The minimum absolute atomic E-state index is 0.0486. The predicted molar refractivity (Wildman–Crippen MR) is 77.2 cm³/mol. The quantitative estimate of drug-likeness (QED) is 0.915. The lowest BCUT2D eigenvalue weighted by Crippen LogP contribution is -2.34. The van der Waals surface area contributed by atoms with E-state index in [0.29, 0.717) is 5.69 Å². The van der Waals surface area contributed by atoms with Crippen LogP contribution in [-0.4, -0.2) is 14.4 Å². The number of rotatable bonds is 3. The highest BCUT2D eigenvalue weighted by Crippen LogP contribution is 2.20. The molecule has 0 saturated carbocycles. The second-order valence-corrected chi connectivity index (χ2v) is 5.91. The molecule has 0 atom stereocenters. The number of para-hydroxylation sites is 1. The molecule has 0 spiro atoms. The van der Waals surface area contributed by atoms with Gasteiger partial charge in [0, 0.05) is 5.69 Å². The normalized spacial score (nSPS) is 10.8. The van der Waals surface area contributed by atoms with E-state index in [0.717, 1.165) is 0 Å². The topological polar surface area (TPSA) is 75.3 Å². The third kappa shape index (κ3) is 3.49. The molecule has 2 amide bonds. The van der Waals surface area contributed by atoms with Gasteiger partial charge < -0.3 is 5.32 Å². The lowest BCUT2D eigenvalue weighted by molar-refractivity contribution is 0.256. The van der Waals surface area contributed by atoms with Crippen molar-refractivity contribution in [2.24, 2.45) is 0 Å². The highest BCUT2D eigenvalue weighted by atomic mass is 35.5. The standard InChI is InChI=1S/C13H11ClN2O3S/c14-11-8-4-5-9-12(11)20(18,19)16-13(17)15-10-6-2-1-3-7-10/h1-9H,(H2,15,16,17). The molecule has 104 valence electrons. The summed E-state index contributed by atoms with van der Waals surface area (Å²) in [6.07, 6.45) is 0. The van der Waals surface area contributed by atoms with Crippen LogP contribution in [-0.2, 0) is 10.0 Å². The number of amides is 2. The Morgan fingerprint density at radius 2 is 1.55 bits per heavy atom. The zero-order valence-electron chi connectivity index (χ0n) is 10.2. The first-order valence-corrected chi connectivity index (χ1v) is 7.48. The van der Waals surface area contributed by atoms with E-state index in [1.54, 1.807) is 36.4 Å². The van der Waals surface area contributed by atoms with E-state index in [1.165, 1.54) is 18.2 Å². The van der Waals surface area contributed by atoms with Crippen LogP contribution >= 0.6 is 11.6 Å². The number of carbonyl (C=O) groups is 1. The Hall–Kier alpha value is -2.05. The second kappa shape index (κ2) is 5.94. The van der Waals surface area contributed by atoms with E-state index in [1.807, 2.05) is 4.72 Å². The SMILES string of the molecule is O=C(Nc1ccccc1)NS(=O)(=O)c1ccccc1Cl. The van der Waals surface area contributed by atoms with Gasteiger partial charge >= 0.3 is 6.03 Å². The molecule has 0 aliphatic rings. The van der Waals surface area contributed by atoms with Gasteiger partial charge in [-0.25, -0.2) is 17.9 Å². The van der Waals surface area contributed by atoms with Gasteiger partial charge in [0.15, 0.2) is 0 Å². The number of hydrogen-bond donors (Lipinski definition) is 2. The number of carbonyl (C=O) groups excluding carboxylic acids is 1. The predicted octanol–water partition coefficient (Wildman–Crippen LogP) is 2.85. The first-order valence-electron chi connectivity index (χ1n) is 5.62. The molecule has 0 bridgehead atoms. The number of halogens is 1. The molecule has 0 heterocycles. The number of benzene rings is 2. The van der Waals surface area contributed by atoms with Gasteiger partial charge in [-0.3, -0.25) is 0 Å². The van der Waals surface area contributed by atoms with Crippen LogP contribution in [0.4, 0.5) is 10.5 Å². The molecule has 2 rings (SSSR count). The highest BCUT2D eigenvalue weighted by Gasteiger charge is 2.20. The Balaban J connectivity index is 2.13. The fourth-order valence-corrected chi connectivity index (χ4v) is 2.95. The molecular formula is C13H11ClN2O3S. The van der Waals surface area contributed by atoms with Gasteiger partial charge in [-0.15, -0.1) is 0 Å². The first-order chi connectivity index (χ1) is 9.49. The summed E-state index contributed by atoms with van der Waals surface area (Å²) in [6, 6.07) is 13.5. The van der Waals surface area contributed by atoms with Crippen LogP contribution in [0, 0.1) is 0 Å². The number of urea groups is 1. The average molecular weight is 311 g/mol. The maximum Gasteiger partial charge on any atom is 0.333 e. The van der Waals surface area contributed by atoms with Crippen molar-refractivity contribution in [1.82, 2.24) is 4.72 Å². The maximum atomic E-state index is 12.0. The maximum absolute atomic E-state index is 12.0. The van der Waals surface area contributed by atoms with E-state index in [9.17, 15) is 13.2 Å². The zero-order chi connectivity index (χ0) is 14.6. The largest absolute Gasteiger partial charge is 0.333 e. The van der Waals surface area contributed by atoms with Gasteiger partial charge in [-0.1, -0.05) is 41.9 Å². The summed E-state index contributed by atoms with van der Waals surface area (Å²) in [6.45, 7) is 0. The van der Waals surface area contributed by atoms with Gasteiger partial charge in [-0.2, -0.15) is 0 Å².